The number of aliphatic hydroxyl groups is 1. The van der Waals surface area contributed by atoms with E-state index in [1.807, 2.05) is 0 Å². The smallest absolute Gasteiger partial charge is 0.185 e. The van der Waals surface area contributed by atoms with Gasteiger partial charge >= 0.3 is 0 Å². The van der Waals surface area contributed by atoms with Gasteiger partial charge in [0.1, 0.15) is 0 Å². The summed E-state index contributed by atoms with van der Waals surface area (Å²) in [5.74, 6) is 0.702. The molecular weight excluding hydrogens is 236 g/mol. The molecule has 2 heterocycles. The first-order chi connectivity index (χ1) is 8.16. The Hall–Kier alpha value is -0.650. The van der Waals surface area contributed by atoms with Crippen molar-refractivity contribution in [2.24, 2.45) is 5.92 Å². The van der Waals surface area contributed by atoms with Crippen molar-refractivity contribution in [1.29, 1.82) is 0 Å². The summed E-state index contributed by atoms with van der Waals surface area (Å²) in [5, 5.41) is 10.5. The molecule has 0 aliphatic carbocycles. The van der Waals surface area contributed by atoms with Crippen LogP contribution in [0.5, 0.6) is 0 Å². The van der Waals surface area contributed by atoms with Crippen molar-refractivity contribution in [1.82, 2.24) is 4.98 Å². The van der Waals surface area contributed by atoms with E-state index in [1.165, 1.54) is 0 Å². The molecule has 1 aliphatic heterocycles. The largest absolute Gasteiger partial charge is 0.388 e. The zero-order chi connectivity index (χ0) is 12.3. The van der Waals surface area contributed by atoms with Crippen LogP contribution in [-0.2, 0) is 4.74 Å². The van der Waals surface area contributed by atoms with E-state index in [1.54, 1.807) is 24.5 Å². The van der Waals surface area contributed by atoms with E-state index in [0.29, 0.717) is 5.92 Å². The fourth-order valence-electron chi connectivity index (χ4n) is 2.04. The Bertz CT molecular complexity index is 348. The Morgan fingerprint density at radius 2 is 2.29 bits per heavy atom. The van der Waals surface area contributed by atoms with Gasteiger partial charge < -0.3 is 14.7 Å². The average molecular weight is 256 g/mol. The van der Waals surface area contributed by atoms with Gasteiger partial charge in [-0.3, -0.25) is 0 Å². The number of aliphatic hydroxyl groups excluding tert-OH is 1. The maximum Gasteiger partial charge on any atom is 0.185 e. The summed E-state index contributed by atoms with van der Waals surface area (Å²) in [7, 11) is 2.07. The number of anilines is 1. The number of thiazole rings is 1. The minimum Gasteiger partial charge on any atom is -0.388 e. The van der Waals surface area contributed by atoms with Crippen molar-refractivity contribution in [2.75, 3.05) is 31.7 Å². The van der Waals surface area contributed by atoms with E-state index in [4.69, 9.17) is 4.74 Å². The molecule has 0 aromatic carbocycles. The Morgan fingerprint density at radius 3 is 2.88 bits per heavy atom. The molecule has 1 aliphatic rings. The number of hydrogen-bond donors (Lipinski definition) is 1. The molecule has 0 radical (unpaired) electrons. The van der Waals surface area contributed by atoms with Gasteiger partial charge in [-0.25, -0.2) is 4.98 Å². The van der Waals surface area contributed by atoms with Crippen LogP contribution in [0.3, 0.4) is 0 Å². The summed E-state index contributed by atoms with van der Waals surface area (Å²) in [4.78, 5) is 7.47. The summed E-state index contributed by atoms with van der Waals surface area (Å²) >= 11 is 1.57. The molecule has 1 fully saturated rings. The van der Waals surface area contributed by atoms with Crippen LogP contribution in [-0.4, -0.2) is 36.9 Å². The lowest BCUT2D eigenvalue weighted by atomic mass is 10.0. The van der Waals surface area contributed by atoms with Gasteiger partial charge in [0.15, 0.2) is 5.13 Å². The van der Waals surface area contributed by atoms with Crippen LogP contribution in [0.2, 0.25) is 0 Å². The van der Waals surface area contributed by atoms with Crippen molar-refractivity contribution >= 4 is 16.5 Å². The van der Waals surface area contributed by atoms with E-state index >= 15 is 0 Å². The van der Waals surface area contributed by atoms with Crippen molar-refractivity contribution in [3.05, 3.63) is 11.1 Å². The Balaban J connectivity index is 1.91. The summed E-state index contributed by atoms with van der Waals surface area (Å²) in [6, 6.07) is 0. The third-order valence-corrected chi connectivity index (χ3v) is 4.40. The van der Waals surface area contributed by atoms with E-state index in [0.717, 1.165) is 42.6 Å². The van der Waals surface area contributed by atoms with E-state index in [9.17, 15) is 5.11 Å². The van der Waals surface area contributed by atoms with Crippen LogP contribution in [0.4, 0.5) is 5.13 Å². The number of hydrogen-bond acceptors (Lipinski definition) is 5. The highest BCUT2D eigenvalue weighted by Crippen LogP contribution is 2.27. The topological polar surface area (TPSA) is 45.6 Å². The number of ether oxygens (including phenoxy) is 1. The first-order valence-electron chi connectivity index (χ1n) is 6.09. The molecule has 96 valence electrons. The molecule has 17 heavy (non-hydrogen) atoms. The highest BCUT2D eigenvalue weighted by Gasteiger charge is 2.18. The standard InChI is InChI=1S/C12H20N2O2S/c1-9(15)11-7-13-12(17-11)14(2)8-10-3-5-16-6-4-10/h7,9-10,15H,3-6,8H2,1-2H3. The van der Waals surface area contributed by atoms with Gasteiger partial charge in [0.05, 0.1) is 11.0 Å². The van der Waals surface area contributed by atoms with Gasteiger partial charge in [0, 0.05) is 33.0 Å². The van der Waals surface area contributed by atoms with Crippen LogP contribution in [0.25, 0.3) is 0 Å². The summed E-state index contributed by atoms with van der Waals surface area (Å²) < 4.78 is 5.36. The molecule has 1 N–H and O–H groups in total. The van der Waals surface area contributed by atoms with Crippen LogP contribution in [0, 0.1) is 5.92 Å². The molecule has 1 aromatic rings. The first kappa shape index (κ1) is 12.8. The minimum atomic E-state index is -0.419. The number of rotatable bonds is 4. The Morgan fingerprint density at radius 1 is 1.59 bits per heavy atom. The van der Waals surface area contributed by atoms with Crippen LogP contribution < -0.4 is 4.90 Å². The van der Waals surface area contributed by atoms with Gasteiger partial charge in [0.2, 0.25) is 0 Å². The summed E-state index contributed by atoms with van der Waals surface area (Å²) in [6.07, 6.45) is 3.63. The van der Waals surface area contributed by atoms with Crippen LogP contribution in [0.1, 0.15) is 30.7 Å². The van der Waals surface area contributed by atoms with Crippen LogP contribution >= 0.6 is 11.3 Å². The molecule has 1 unspecified atom stereocenters. The molecular formula is C12H20N2O2S. The minimum absolute atomic E-state index is 0.419. The molecule has 1 atom stereocenters. The zero-order valence-corrected chi connectivity index (χ0v) is 11.2. The number of aromatic nitrogens is 1. The van der Waals surface area contributed by atoms with E-state index in [-0.39, 0.29) is 0 Å². The van der Waals surface area contributed by atoms with E-state index in [2.05, 4.69) is 16.9 Å². The lowest BCUT2D eigenvalue weighted by Gasteiger charge is -2.26. The zero-order valence-electron chi connectivity index (χ0n) is 10.4. The van der Waals surface area contributed by atoms with Crippen LogP contribution in [0.15, 0.2) is 6.20 Å². The molecule has 0 bridgehead atoms. The molecule has 1 aromatic heterocycles. The molecule has 2 rings (SSSR count). The fourth-order valence-corrected chi connectivity index (χ4v) is 2.86. The van der Waals surface area contributed by atoms with E-state index < -0.39 is 6.10 Å². The molecule has 0 amide bonds. The van der Waals surface area contributed by atoms with Crippen molar-refractivity contribution in [3.63, 3.8) is 0 Å². The second-order valence-electron chi connectivity index (χ2n) is 4.66. The maximum atomic E-state index is 9.48. The predicted molar refractivity (Wildman–Crippen MR) is 69.6 cm³/mol. The van der Waals surface area contributed by atoms with Gasteiger partial charge in [-0.15, -0.1) is 0 Å². The Labute approximate surface area is 106 Å². The third-order valence-electron chi connectivity index (χ3n) is 3.12. The average Bonchev–Trinajstić information content (AvgIpc) is 2.79. The van der Waals surface area contributed by atoms with Gasteiger partial charge in [0.25, 0.3) is 0 Å². The quantitative estimate of drug-likeness (QED) is 0.895. The first-order valence-corrected chi connectivity index (χ1v) is 6.91. The Kier molecular flexibility index (Phi) is 4.36. The highest BCUT2D eigenvalue weighted by molar-refractivity contribution is 7.15. The second-order valence-corrected chi connectivity index (χ2v) is 5.70. The second kappa shape index (κ2) is 5.80. The van der Waals surface area contributed by atoms with Gasteiger partial charge in [-0.1, -0.05) is 11.3 Å². The monoisotopic (exact) mass is 256 g/mol. The van der Waals surface area contributed by atoms with Crippen molar-refractivity contribution in [3.8, 4) is 0 Å². The summed E-state index contributed by atoms with van der Waals surface area (Å²) in [5.41, 5.74) is 0. The molecule has 1 saturated heterocycles. The fraction of sp³-hybridized carbons (Fsp3) is 0.750. The van der Waals surface area contributed by atoms with Gasteiger partial charge in [-0.2, -0.15) is 0 Å². The van der Waals surface area contributed by atoms with Crippen molar-refractivity contribution < 1.29 is 9.84 Å². The molecule has 0 saturated carbocycles. The normalized spacial score (nSPS) is 19.2. The van der Waals surface area contributed by atoms with Gasteiger partial charge in [-0.05, 0) is 25.7 Å². The van der Waals surface area contributed by atoms with Crippen molar-refractivity contribution in [2.45, 2.75) is 25.9 Å². The molecule has 0 spiro atoms. The third kappa shape index (κ3) is 3.40. The molecule has 5 heteroatoms. The SMILES string of the molecule is CC(O)c1cnc(N(C)CC2CCOCC2)s1. The molecule has 4 nitrogen and oxygen atoms in total. The number of nitrogens with zero attached hydrogens (tertiary/aromatic N) is 2. The summed E-state index contributed by atoms with van der Waals surface area (Å²) in [6.45, 7) is 4.57. The lowest BCUT2D eigenvalue weighted by Crippen LogP contribution is -2.29. The highest BCUT2D eigenvalue weighted by atomic mass is 32.1. The predicted octanol–water partition coefficient (Wildman–Crippen LogP) is 2.06. The lowest BCUT2D eigenvalue weighted by molar-refractivity contribution is 0.0685. The maximum absolute atomic E-state index is 9.48.